The van der Waals surface area contributed by atoms with Gasteiger partial charge in [-0.15, -0.1) is 0 Å². The molecular formula is C19H36N2. The summed E-state index contributed by atoms with van der Waals surface area (Å²) in [5.41, 5.74) is 1.22. The molecule has 3 atom stereocenters. The molecule has 2 nitrogen and oxygen atoms in total. The molecule has 2 heteroatoms. The molecule has 122 valence electrons. The van der Waals surface area contributed by atoms with Gasteiger partial charge in [0.05, 0.1) is 0 Å². The normalized spacial score (nSPS) is 37.2. The van der Waals surface area contributed by atoms with E-state index in [0.29, 0.717) is 6.04 Å². The molecule has 2 N–H and O–H groups in total. The minimum Gasteiger partial charge on any atom is -0.392 e. The van der Waals surface area contributed by atoms with E-state index in [2.05, 4.69) is 31.1 Å². The van der Waals surface area contributed by atoms with E-state index >= 15 is 0 Å². The van der Waals surface area contributed by atoms with E-state index in [-0.39, 0.29) is 0 Å². The third kappa shape index (κ3) is 5.02. The van der Waals surface area contributed by atoms with Crippen molar-refractivity contribution in [2.45, 2.75) is 71.3 Å². The van der Waals surface area contributed by atoms with Crippen molar-refractivity contribution in [1.82, 2.24) is 10.6 Å². The summed E-state index contributed by atoms with van der Waals surface area (Å²) in [7, 11) is 2.01. The van der Waals surface area contributed by atoms with Crippen LogP contribution in [-0.4, -0.2) is 19.6 Å². The van der Waals surface area contributed by atoms with E-state index < -0.39 is 0 Å². The lowest BCUT2D eigenvalue weighted by Crippen LogP contribution is -2.43. The molecule has 2 aliphatic rings. The second-order valence-corrected chi connectivity index (χ2v) is 7.65. The highest BCUT2D eigenvalue weighted by Gasteiger charge is 2.31. The average Bonchev–Trinajstić information content (AvgIpc) is 2.50. The predicted molar refractivity (Wildman–Crippen MR) is 92.2 cm³/mol. The second-order valence-electron chi connectivity index (χ2n) is 7.65. The monoisotopic (exact) mass is 292 g/mol. The van der Waals surface area contributed by atoms with Crippen molar-refractivity contribution in [3.63, 3.8) is 0 Å². The van der Waals surface area contributed by atoms with Crippen LogP contribution in [0.4, 0.5) is 0 Å². The minimum absolute atomic E-state index is 0.673. The lowest BCUT2D eigenvalue weighted by atomic mass is 9.72. The van der Waals surface area contributed by atoms with Crippen LogP contribution >= 0.6 is 0 Å². The van der Waals surface area contributed by atoms with E-state index in [1.807, 2.05) is 7.05 Å². The van der Waals surface area contributed by atoms with Crippen LogP contribution in [0.3, 0.4) is 0 Å². The van der Waals surface area contributed by atoms with Crippen molar-refractivity contribution in [3.8, 4) is 0 Å². The van der Waals surface area contributed by atoms with Gasteiger partial charge >= 0.3 is 0 Å². The van der Waals surface area contributed by atoms with Gasteiger partial charge in [-0.1, -0.05) is 45.6 Å². The van der Waals surface area contributed by atoms with Gasteiger partial charge in [0.1, 0.15) is 0 Å². The van der Waals surface area contributed by atoms with Gasteiger partial charge in [0, 0.05) is 18.8 Å². The maximum atomic E-state index is 4.16. The smallest absolute Gasteiger partial charge is 0.00417 e. The molecule has 2 rings (SSSR count). The molecule has 0 amide bonds. The standard InChI is InChI=1S/C19H36N2/c1-5-16-6-8-17(9-7-16)12-19-13-21-15(3)11-18(19)10-14(2)20-4/h15-21H,2,5-13H2,1,3-4H3/t15-,16?,17?,18?,19+/m1/s1. The van der Waals surface area contributed by atoms with E-state index in [9.17, 15) is 0 Å². The van der Waals surface area contributed by atoms with Crippen LogP contribution in [-0.2, 0) is 0 Å². The second kappa shape index (κ2) is 8.22. The Hall–Kier alpha value is -0.500. The van der Waals surface area contributed by atoms with E-state index in [0.717, 1.165) is 30.1 Å². The molecule has 21 heavy (non-hydrogen) atoms. The number of hydrogen-bond acceptors (Lipinski definition) is 2. The fourth-order valence-electron chi connectivity index (χ4n) is 4.50. The summed E-state index contributed by atoms with van der Waals surface area (Å²) in [5.74, 6) is 3.68. The van der Waals surface area contributed by atoms with Crippen LogP contribution in [0.2, 0.25) is 0 Å². The topological polar surface area (TPSA) is 24.1 Å². The van der Waals surface area contributed by atoms with Crippen LogP contribution in [0, 0.1) is 23.7 Å². The van der Waals surface area contributed by atoms with Crippen molar-refractivity contribution in [2.75, 3.05) is 13.6 Å². The summed E-state index contributed by atoms with van der Waals surface area (Å²) in [6.45, 7) is 10.1. The van der Waals surface area contributed by atoms with Crippen molar-refractivity contribution < 1.29 is 0 Å². The molecule has 1 aliphatic carbocycles. The maximum Gasteiger partial charge on any atom is 0.00417 e. The maximum absolute atomic E-state index is 4.16. The van der Waals surface area contributed by atoms with E-state index in [1.165, 1.54) is 57.2 Å². The zero-order valence-corrected chi connectivity index (χ0v) is 14.5. The Morgan fingerprint density at radius 3 is 2.43 bits per heavy atom. The first kappa shape index (κ1) is 16.9. The quantitative estimate of drug-likeness (QED) is 0.761. The summed E-state index contributed by atoms with van der Waals surface area (Å²) < 4.78 is 0. The Bertz CT molecular complexity index is 318. The zero-order valence-electron chi connectivity index (χ0n) is 14.5. The molecule has 1 heterocycles. The van der Waals surface area contributed by atoms with Gasteiger partial charge in [-0.2, -0.15) is 0 Å². The van der Waals surface area contributed by atoms with Crippen LogP contribution in [0.15, 0.2) is 12.3 Å². The summed E-state index contributed by atoms with van der Waals surface area (Å²) in [5, 5.41) is 6.96. The Morgan fingerprint density at radius 2 is 1.81 bits per heavy atom. The molecule has 0 spiro atoms. The fraction of sp³-hybridized carbons (Fsp3) is 0.895. The summed E-state index contributed by atoms with van der Waals surface area (Å²) >= 11 is 0. The van der Waals surface area contributed by atoms with Crippen LogP contribution < -0.4 is 10.6 Å². The fourth-order valence-corrected chi connectivity index (χ4v) is 4.50. The summed E-state index contributed by atoms with van der Waals surface area (Å²) in [4.78, 5) is 0. The molecule has 1 saturated carbocycles. The van der Waals surface area contributed by atoms with Gasteiger partial charge in [-0.3, -0.25) is 0 Å². The van der Waals surface area contributed by atoms with Gasteiger partial charge < -0.3 is 10.6 Å². The predicted octanol–water partition coefficient (Wildman–Crippen LogP) is 4.33. The molecule has 1 saturated heterocycles. The van der Waals surface area contributed by atoms with Crippen LogP contribution in [0.25, 0.3) is 0 Å². The molecule has 0 aromatic rings. The van der Waals surface area contributed by atoms with Crippen LogP contribution in [0.5, 0.6) is 0 Å². The number of rotatable bonds is 6. The molecule has 1 aliphatic heterocycles. The van der Waals surface area contributed by atoms with E-state index in [4.69, 9.17) is 0 Å². The Labute approximate surface area is 132 Å². The first-order valence-corrected chi connectivity index (χ1v) is 9.21. The zero-order chi connectivity index (χ0) is 15.2. The molecule has 0 radical (unpaired) electrons. The summed E-state index contributed by atoms with van der Waals surface area (Å²) in [6, 6.07) is 0.673. The number of nitrogens with one attached hydrogen (secondary N) is 2. The Morgan fingerprint density at radius 1 is 1.14 bits per heavy atom. The van der Waals surface area contributed by atoms with Crippen molar-refractivity contribution in [2.24, 2.45) is 23.7 Å². The van der Waals surface area contributed by atoms with Gasteiger partial charge in [-0.05, 0) is 56.4 Å². The average molecular weight is 293 g/mol. The summed E-state index contributed by atoms with van der Waals surface area (Å²) in [6.07, 6.45) is 11.2. The third-order valence-corrected chi connectivity index (χ3v) is 6.09. The van der Waals surface area contributed by atoms with Crippen molar-refractivity contribution in [3.05, 3.63) is 12.3 Å². The van der Waals surface area contributed by atoms with Crippen molar-refractivity contribution in [1.29, 1.82) is 0 Å². The largest absolute Gasteiger partial charge is 0.392 e. The SMILES string of the molecule is C=C(CC1C[C@@H](C)NC[C@@H]1CC1CCC(CC)CC1)NC. The molecule has 0 bridgehead atoms. The van der Waals surface area contributed by atoms with Gasteiger partial charge in [0.15, 0.2) is 0 Å². The Kier molecular flexibility index (Phi) is 6.60. The number of piperidine rings is 1. The van der Waals surface area contributed by atoms with Crippen molar-refractivity contribution >= 4 is 0 Å². The van der Waals surface area contributed by atoms with E-state index in [1.54, 1.807) is 0 Å². The highest BCUT2D eigenvalue weighted by Crippen LogP contribution is 2.38. The third-order valence-electron chi connectivity index (χ3n) is 6.09. The lowest BCUT2D eigenvalue weighted by Gasteiger charge is -2.39. The highest BCUT2D eigenvalue weighted by molar-refractivity contribution is 4.96. The molecular weight excluding hydrogens is 256 g/mol. The lowest BCUT2D eigenvalue weighted by molar-refractivity contribution is 0.153. The van der Waals surface area contributed by atoms with Gasteiger partial charge in [0.2, 0.25) is 0 Å². The number of allylic oxidation sites excluding steroid dienone is 1. The molecule has 0 aromatic heterocycles. The Balaban J connectivity index is 1.85. The van der Waals surface area contributed by atoms with Gasteiger partial charge in [-0.25, -0.2) is 0 Å². The minimum atomic E-state index is 0.673. The van der Waals surface area contributed by atoms with Crippen LogP contribution in [0.1, 0.15) is 65.2 Å². The van der Waals surface area contributed by atoms with Gasteiger partial charge in [0.25, 0.3) is 0 Å². The molecule has 1 unspecified atom stereocenters. The molecule has 2 fully saturated rings. The number of hydrogen-bond donors (Lipinski definition) is 2. The highest BCUT2D eigenvalue weighted by atomic mass is 14.9. The molecule has 0 aromatic carbocycles. The first-order chi connectivity index (χ1) is 10.1. The first-order valence-electron chi connectivity index (χ1n) is 9.21.